The summed E-state index contributed by atoms with van der Waals surface area (Å²) in [6, 6.07) is 7.90. The molecule has 0 amide bonds. The Morgan fingerprint density at radius 2 is 1.90 bits per heavy atom. The summed E-state index contributed by atoms with van der Waals surface area (Å²) in [5.74, 6) is -0.492. The molecule has 1 aromatic carbocycles. The number of carboxylic acid groups (broad SMARTS) is 1. The number of thiazole rings is 1. The minimum atomic E-state index is -1.28. The van der Waals surface area contributed by atoms with Gasteiger partial charge in [0.25, 0.3) is 0 Å². The highest BCUT2D eigenvalue weighted by Gasteiger charge is 2.46. The molecule has 0 aliphatic heterocycles. The first-order valence-electron chi connectivity index (χ1n) is 10.1. The fraction of sp³-hybridized carbons (Fsp3) is 0.364. The average molecular weight is 440 g/mol. The maximum absolute atomic E-state index is 11.4. The van der Waals surface area contributed by atoms with Gasteiger partial charge in [0, 0.05) is 23.8 Å². The van der Waals surface area contributed by atoms with Gasteiger partial charge in [-0.15, -0.1) is 11.3 Å². The lowest BCUT2D eigenvalue weighted by Gasteiger charge is -2.38. The fourth-order valence-electron chi connectivity index (χ4n) is 3.80. The van der Waals surface area contributed by atoms with Gasteiger partial charge in [-0.1, -0.05) is 6.07 Å². The molecule has 5 N–H and O–H groups in total. The van der Waals surface area contributed by atoms with Crippen molar-refractivity contribution in [2.75, 3.05) is 5.32 Å². The molecule has 0 atom stereocenters. The van der Waals surface area contributed by atoms with Crippen LogP contribution in [0.1, 0.15) is 41.9 Å². The van der Waals surface area contributed by atoms with E-state index in [0.29, 0.717) is 11.0 Å². The summed E-state index contributed by atoms with van der Waals surface area (Å²) >= 11 is 1.42. The zero-order chi connectivity index (χ0) is 22.2. The number of nitrogens with zero attached hydrogens (tertiary/aromatic N) is 3. The van der Waals surface area contributed by atoms with Crippen LogP contribution in [0.25, 0.3) is 10.4 Å². The molecular weight excluding hydrogens is 414 g/mol. The Morgan fingerprint density at radius 1 is 1.16 bits per heavy atom. The maximum atomic E-state index is 11.4. The van der Waals surface area contributed by atoms with E-state index in [1.54, 1.807) is 12.4 Å². The standard InChI is InChI=1S/C22H25N5O3S/c1-13-9-15(11-16(10-13)27-20-24-8-3-14(2)26-20)17-12-25-18(31-17)22(30)6-4-21(23,5-7-22)19(28)29/h3,8-12,30H,4-7,23H2,1-2H3,(H,28,29)(H,24,26,27). The Kier molecular flexibility index (Phi) is 5.50. The number of hydrogen-bond acceptors (Lipinski definition) is 8. The Balaban J connectivity index is 1.56. The van der Waals surface area contributed by atoms with Gasteiger partial charge in [0.15, 0.2) is 0 Å². The molecule has 0 spiro atoms. The topological polar surface area (TPSA) is 134 Å². The minimum absolute atomic E-state index is 0.211. The second-order valence-electron chi connectivity index (χ2n) is 8.26. The molecule has 9 heteroatoms. The molecule has 0 bridgehead atoms. The second kappa shape index (κ2) is 7.99. The molecule has 8 nitrogen and oxygen atoms in total. The molecule has 1 aliphatic rings. The number of aliphatic carboxylic acids is 1. The molecule has 2 aromatic heterocycles. The number of rotatable bonds is 5. The van der Waals surface area contributed by atoms with E-state index < -0.39 is 17.1 Å². The highest BCUT2D eigenvalue weighted by Crippen LogP contribution is 2.43. The third kappa shape index (κ3) is 4.43. The van der Waals surface area contributed by atoms with Crippen LogP contribution < -0.4 is 11.1 Å². The lowest BCUT2D eigenvalue weighted by atomic mass is 9.75. The number of anilines is 2. The van der Waals surface area contributed by atoms with Gasteiger partial charge in [-0.3, -0.25) is 4.79 Å². The number of carbonyl (C=O) groups is 1. The van der Waals surface area contributed by atoms with Crippen LogP contribution in [-0.4, -0.2) is 36.7 Å². The molecule has 162 valence electrons. The number of benzene rings is 1. The SMILES string of the molecule is Cc1cc(Nc2nccc(C)n2)cc(-c2cnc(C3(O)CCC(N)(C(=O)O)CC3)s2)c1. The van der Waals surface area contributed by atoms with Crippen molar-refractivity contribution >= 4 is 28.9 Å². The zero-order valence-corrected chi connectivity index (χ0v) is 18.2. The van der Waals surface area contributed by atoms with E-state index >= 15 is 0 Å². The lowest BCUT2D eigenvalue weighted by molar-refractivity contribution is -0.147. The molecule has 3 aromatic rings. The normalized spacial score (nSPS) is 23.5. The molecule has 2 heterocycles. The highest BCUT2D eigenvalue weighted by atomic mass is 32.1. The van der Waals surface area contributed by atoms with Gasteiger partial charge in [0.05, 0.1) is 4.88 Å². The van der Waals surface area contributed by atoms with Crippen LogP contribution in [0, 0.1) is 13.8 Å². The summed E-state index contributed by atoms with van der Waals surface area (Å²) in [5.41, 5.74) is 7.30. The Hall–Kier alpha value is -2.88. The molecule has 0 unspecified atom stereocenters. The van der Waals surface area contributed by atoms with Crippen molar-refractivity contribution in [2.45, 2.75) is 50.7 Å². The predicted molar refractivity (Wildman–Crippen MR) is 119 cm³/mol. The third-order valence-corrected chi connectivity index (χ3v) is 6.95. The number of carboxylic acids is 1. The molecule has 1 fully saturated rings. The van der Waals surface area contributed by atoms with Crippen molar-refractivity contribution in [3.63, 3.8) is 0 Å². The van der Waals surface area contributed by atoms with Crippen LogP contribution in [0.4, 0.5) is 11.6 Å². The van der Waals surface area contributed by atoms with E-state index in [9.17, 15) is 15.0 Å². The number of aromatic nitrogens is 3. The molecule has 0 saturated heterocycles. The van der Waals surface area contributed by atoms with Crippen molar-refractivity contribution in [3.8, 4) is 10.4 Å². The molecule has 1 aliphatic carbocycles. The number of nitrogens with one attached hydrogen (secondary N) is 1. The van der Waals surface area contributed by atoms with Crippen molar-refractivity contribution in [2.24, 2.45) is 5.73 Å². The van der Waals surface area contributed by atoms with E-state index in [4.69, 9.17) is 5.73 Å². The Labute approximate surface area is 184 Å². The number of hydrogen-bond donors (Lipinski definition) is 4. The van der Waals surface area contributed by atoms with Crippen LogP contribution in [0.3, 0.4) is 0 Å². The summed E-state index contributed by atoms with van der Waals surface area (Å²) in [7, 11) is 0. The Morgan fingerprint density at radius 3 is 2.58 bits per heavy atom. The van der Waals surface area contributed by atoms with Crippen LogP contribution >= 0.6 is 11.3 Å². The highest BCUT2D eigenvalue weighted by molar-refractivity contribution is 7.15. The van der Waals surface area contributed by atoms with Crippen LogP contribution in [-0.2, 0) is 10.4 Å². The van der Waals surface area contributed by atoms with Crippen molar-refractivity contribution in [1.29, 1.82) is 0 Å². The van der Waals surface area contributed by atoms with Gasteiger partial charge in [0.2, 0.25) is 5.95 Å². The van der Waals surface area contributed by atoms with Gasteiger partial charge in [-0.25, -0.2) is 15.0 Å². The van der Waals surface area contributed by atoms with E-state index in [1.807, 2.05) is 32.0 Å². The summed E-state index contributed by atoms with van der Waals surface area (Å²) < 4.78 is 0. The van der Waals surface area contributed by atoms with Crippen molar-refractivity contribution in [3.05, 3.63) is 52.9 Å². The van der Waals surface area contributed by atoms with Gasteiger partial charge in [-0.05, 0) is 68.9 Å². The fourth-order valence-corrected chi connectivity index (χ4v) is 4.84. The summed E-state index contributed by atoms with van der Waals surface area (Å²) in [6.45, 7) is 3.92. The minimum Gasteiger partial charge on any atom is -0.480 e. The number of aliphatic hydroxyl groups is 1. The zero-order valence-electron chi connectivity index (χ0n) is 17.4. The maximum Gasteiger partial charge on any atom is 0.323 e. The summed E-state index contributed by atoms with van der Waals surface area (Å²) in [5, 5.41) is 24.3. The first-order chi connectivity index (χ1) is 14.7. The van der Waals surface area contributed by atoms with E-state index in [1.165, 1.54) is 11.3 Å². The van der Waals surface area contributed by atoms with Crippen molar-refractivity contribution < 1.29 is 15.0 Å². The van der Waals surface area contributed by atoms with Gasteiger partial charge >= 0.3 is 5.97 Å². The smallest absolute Gasteiger partial charge is 0.323 e. The summed E-state index contributed by atoms with van der Waals surface area (Å²) in [4.78, 5) is 25.4. The van der Waals surface area contributed by atoms with Crippen LogP contribution in [0.5, 0.6) is 0 Å². The van der Waals surface area contributed by atoms with Crippen molar-refractivity contribution in [1.82, 2.24) is 15.0 Å². The molecule has 1 saturated carbocycles. The second-order valence-corrected chi connectivity index (χ2v) is 9.29. The monoisotopic (exact) mass is 439 g/mol. The predicted octanol–water partition coefficient (Wildman–Crippen LogP) is 3.50. The van der Waals surface area contributed by atoms with Crippen LogP contribution in [0.2, 0.25) is 0 Å². The van der Waals surface area contributed by atoms with E-state index in [-0.39, 0.29) is 25.7 Å². The molecule has 4 rings (SSSR count). The van der Waals surface area contributed by atoms with E-state index in [0.717, 1.165) is 27.4 Å². The molecule has 0 radical (unpaired) electrons. The first-order valence-corrected chi connectivity index (χ1v) is 10.9. The number of aryl methyl sites for hydroxylation is 2. The van der Waals surface area contributed by atoms with E-state index in [2.05, 4.69) is 26.3 Å². The van der Waals surface area contributed by atoms with Gasteiger partial charge in [-0.2, -0.15) is 0 Å². The van der Waals surface area contributed by atoms with Gasteiger partial charge in [0.1, 0.15) is 16.1 Å². The lowest BCUT2D eigenvalue weighted by Crippen LogP contribution is -2.53. The van der Waals surface area contributed by atoms with Crippen LogP contribution in [0.15, 0.2) is 36.7 Å². The third-order valence-electron chi connectivity index (χ3n) is 5.71. The molecular formula is C22H25N5O3S. The number of nitrogens with two attached hydrogens (primary N) is 1. The summed E-state index contributed by atoms with van der Waals surface area (Å²) in [6.07, 6.45) is 4.43. The molecule has 31 heavy (non-hydrogen) atoms. The quantitative estimate of drug-likeness (QED) is 0.474. The Bertz CT molecular complexity index is 1120. The average Bonchev–Trinajstić information content (AvgIpc) is 3.21. The largest absolute Gasteiger partial charge is 0.480 e. The first kappa shape index (κ1) is 21.4. The van der Waals surface area contributed by atoms with Gasteiger partial charge < -0.3 is 21.3 Å².